The quantitative estimate of drug-likeness (QED) is 0.490. The van der Waals surface area contributed by atoms with Crippen LogP contribution >= 0.6 is 11.6 Å². The van der Waals surface area contributed by atoms with Crippen LogP contribution in [0.25, 0.3) is 11.4 Å². The van der Waals surface area contributed by atoms with Gasteiger partial charge in [0.25, 0.3) is 5.91 Å². The first-order valence-corrected chi connectivity index (χ1v) is 12.0. The lowest BCUT2D eigenvalue weighted by atomic mass is 10.1. The zero-order valence-corrected chi connectivity index (χ0v) is 20.7. The van der Waals surface area contributed by atoms with Crippen LogP contribution in [0, 0.1) is 6.92 Å². The smallest absolute Gasteiger partial charge is 0.254 e. The van der Waals surface area contributed by atoms with E-state index in [1.54, 1.807) is 0 Å². The van der Waals surface area contributed by atoms with Crippen LogP contribution in [-0.4, -0.2) is 66.0 Å². The number of carbonyl (C=O) groups is 2. The number of anilines is 2. The van der Waals surface area contributed by atoms with Crippen molar-refractivity contribution in [1.82, 2.24) is 20.2 Å². The molecule has 8 nitrogen and oxygen atoms in total. The van der Waals surface area contributed by atoms with Crippen molar-refractivity contribution in [3.8, 4) is 11.4 Å². The Morgan fingerprint density at radius 3 is 2.37 bits per heavy atom. The van der Waals surface area contributed by atoms with Gasteiger partial charge in [0.15, 0.2) is 5.82 Å². The van der Waals surface area contributed by atoms with Crippen LogP contribution in [0.5, 0.6) is 0 Å². The number of nitrogens with one attached hydrogen (secondary N) is 2. The standard InChI is InChI=1S/C26H29ClN6O2/c1-18-5-3-4-6-22(18)26(35)33-15-13-32(14-16-33)24-17-23(29-12-11-28-19(2)34)30-25(31-24)20-7-9-21(27)10-8-20/h3-10,17H,11-16H2,1-2H3,(H,28,34)(H,29,30,31). The van der Waals surface area contributed by atoms with Crippen molar-refractivity contribution in [2.75, 3.05) is 49.5 Å². The first-order chi connectivity index (χ1) is 16.9. The number of rotatable bonds is 7. The Labute approximate surface area is 210 Å². The SMILES string of the molecule is CC(=O)NCCNc1cc(N2CCN(C(=O)c3ccccc3C)CC2)nc(-c2ccc(Cl)cc2)n1. The van der Waals surface area contributed by atoms with Gasteiger partial charge in [0.05, 0.1) is 0 Å². The minimum absolute atomic E-state index is 0.0626. The molecule has 9 heteroatoms. The molecular formula is C26H29ClN6O2. The fraction of sp³-hybridized carbons (Fsp3) is 0.308. The molecule has 1 fully saturated rings. The Balaban J connectivity index is 1.50. The molecule has 0 unspecified atom stereocenters. The monoisotopic (exact) mass is 492 g/mol. The summed E-state index contributed by atoms with van der Waals surface area (Å²) in [7, 11) is 0. The number of hydrogen-bond acceptors (Lipinski definition) is 6. The Morgan fingerprint density at radius 2 is 1.69 bits per heavy atom. The van der Waals surface area contributed by atoms with Gasteiger partial charge in [0.2, 0.25) is 5.91 Å². The van der Waals surface area contributed by atoms with Gasteiger partial charge < -0.3 is 20.4 Å². The summed E-state index contributed by atoms with van der Waals surface area (Å²) < 4.78 is 0. The van der Waals surface area contributed by atoms with E-state index in [4.69, 9.17) is 16.6 Å². The van der Waals surface area contributed by atoms with E-state index in [1.165, 1.54) is 6.92 Å². The maximum absolute atomic E-state index is 13.0. The molecule has 2 N–H and O–H groups in total. The van der Waals surface area contributed by atoms with E-state index >= 15 is 0 Å². The highest BCUT2D eigenvalue weighted by atomic mass is 35.5. The summed E-state index contributed by atoms with van der Waals surface area (Å²) in [6.45, 7) is 7.03. The molecule has 2 aromatic carbocycles. The van der Waals surface area contributed by atoms with Crippen molar-refractivity contribution in [3.63, 3.8) is 0 Å². The largest absolute Gasteiger partial charge is 0.368 e. The van der Waals surface area contributed by atoms with Crippen molar-refractivity contribution < 1.29 is 9.59 Å². The summed E-state index contributed by atoms with van der Waals surface area (Å²) >= 11 is 6.06. The highest BCUT2D eigenvalue weighted by Gasteiger charge is 2.24. The third-order valence-electron chi connectivity index (χ3n) is 5.89. The van der Waals surface area contributed by atoms with Crippen LogP contribution in [0.15, 0.2) is 54.6 Å². The van der Waals surface area contributed by atoms with Crippen LogP contribution < -0.4 is 15.5 Å². The van der Waals surface area contributed by atoms with E-state index in [-0.39, 0.29) is 11.8 Å². The molecule has 1 aromatic heterocycles. The number of hydrogen-bond donors (Lipinski definition) is 2. The van der Waals surface area contributed by atoms with Crippen LogP contribution in [0.4, 0.5) is 11.6 Å². The number of nitrogens with zero attached hydrogens (tertiary/aromatic N) is 4. The van der Waals surface area contributed by atoms with Crippen LogP contribution in [0.1, 0.15) is 22.8 Å². The molecule has 2 amide bonds. The number of benzene rings is 2. The molecule has 0 saturated carbocycles. The van der Waals surface area contributed by atoms with Gasteiger partial charge in [0.1, 0.15) is 11.6 Å². The van der Waals surface area contributed by atoms with Gasteiger partial charge in [-0.25, -0.2) is 9.97 Å². The highest BCUT2D eigenvalue weighted by Crippen LogP contribution is 2.25. The number of halogens is 1. The third kappa shape index (κ3) is 6.27. The summed E-state index contributed by atoms with van der Waals surface area (Å²) in [5, 5.41) is 6.69. The predicted molar refractivity (Wildman–Crippen MR) is 139 cm³/mol. The molecule has 1 aliphatic rings. The molecule has 1 saturated heterocycles. The summed E-state index contributed by atoms with van der Waals surface area (Å²) in [5.41, 5.74) is 2.59. The maximum Gasteiger partial charge on any atom is 0.254 e. The zero-order valence-electron chi connectivity index (χ0n) is 19.9. The number of piperazine rings is 1. The van der Waals surface area contributed by atoms with Gasteiger partial charge in [-0.3, -0.25) is 9.59 Å². The van der Waals surface area contributed by atoms with E-state index in [9.17, 15) is 9.59 Å². The molecule has 35 heavy (non-hydrogen) atoms. The molecule has 1 aliphatic heterocycles. The average molecular weight is 493 g/mol. The summed E-state index contributed by atoms with van der Waals surface area (Å²) in [5.74, 6) is 2.03. The topological polar surface area (TPSA) is 90.5 Å². The number of carbonyl (C=O) groups excluding carboxylic acids is 2. The highest BCUT2D eigenvalue weighted by molar-refractivity contribution is 6.30. The number of aryl methyl sites for hydroxylation is 1. The second-order valence-electron chi connectivity index (χ2n) is 8.45. The van der Waals surface area contributed by atoms with Crippen LogP contribution in [-0.2, 0) is 4.79 Å². The zero-order chi connectivity index (χ0) is 24.8. The first-order valence-electron chi connectivity index (χ1n) is 11.6. The van der Waals surface area contributed by atoms with Gasteiger partial charge in [-0.15, -0.1) is 0 Å². The number of aromatic nitrogens is 2. The Kier molecular flexibility index (Phi) is 7.82. The predicted octanol–water partition coefficient (Wildman–Crippen LogP) is 3.62. The van der Waals surface area contributed by atoms with Crippen LogP contribution in [0.3, 0.4) is 0 Å². The summed E-state index contributed by atoms with van der Waals surface area (Å²) in [4.78, 5) is 37.7. The lowest BCUT2D eigenvalue weighted by molar-refractivity contribution is -0.118. The van der Waals surface area contributed by atoms with Crippen molar-refractivity contribution >= 4 is 35.1 Å². The molecule has 0 atom stereocenters. The minimum atomic E-state index is -0.0739. The van der Waals surface area contributed by atoms with E-state index in [1.807, 2.05) is 66.4 Å². The van der Waals surface area contributed by atoms with E-state index in [0.717, 1.165) is 22.5 Å². The van der Waals surface area contributed by atoms with Crippen molar-refractivity contribution in [2.45, 2.75) is 13.8 Å². The molecule has 3 aromatic rings. The third-order valence-corrected chi connectivity index (χ3v) is 6.14. The molecule has 0 aliphatic carbocycles. The molecule has 0 spiro atoms. The van der Waals surface area contributed by atoms with Crippen molar-refractivity contribution in [3.05, 3.63) is 70.7 Å². The molecular weight excluding hydrogens is 464 g/mol. The van der Waals surface area contributed by atoms with Crippen molar-refractivity contribution in [2.24, 2.45) is 0 Å². The minimum Gasteiger partial charge on any atom is -0.368 e. The first kappa shape index (κ1) is 24.5. The summed E-state index contributed by atoms with van der Waals surface area (Å²) in [6.07, 6.45) is 0. The second-order valence-corrected chi connectivity index (χ2v) is 8.88. The van der Waals surface area contributed by atoms with Crippen LogP contribution in [0.2, 0.25) is 5.02 Å². The van der Waals surface area contributed by atoms with E-state index in [2.05, 4.69) is 20.5 Å². The fourth-order valence-corrected chi connectivity index (χ4v) is 4.09. The fourth-order valence-electron chi connectivity index (χ4n) is 3.97. The van der Waals surface area contributed by atoms with Gasteiger partial charge in [-0.1, -0.05) is 29.8 Å². The van der Waals surface area contributed by atoms with Crippen molar-refractivity contribution in [1.29, 1.82) is 0 Å². The molecule has 0 radical (unpaired) electrons. The van der Waals surface area contributed by atoms with E-state index < -0.39 is 0 Å². The molecule has 4 rings (SSSR count). The van der Waals surface area contributed by atoms with Gasteiger partial charge >= 0.3 is 0 Å². The lowest BCUT2D eigenvalue weighted by Crippen LogP contribution is -2.49. The Bertz CT molecular complexity index is 1190. The van der Waals surface area contributed by atoms with Gasteiger partial charge in [-0.05, 0) is 42.8 Å². The van der Waals surface area contributed by atoms with Gasteiger partial charge in [0, 0.05) is 68.4 Å². The number of amides is 2. The maximum atomic E-state index is 13.0. The normalized spacial score (nSPS) is 13.5. The Hall–Kier alpha value is -3.65. The molecule has 182 valence electrons. The summed E-state index contributed by atoms with van der Waals surface area (Å²) in [6, 6.07) is 17.0. The molecule has 2 heterocycles. The lowest BCUT2D eigenvalue weighted by Gasteiger charge is -2.36. The van der Waals surface area contributed by atoms with Gasteiger partial charge in [-0.2, -0.15) is 0 Å². The second kappa shape index (κ2) is 11.2. The average Bonchev–Trinajstić information content (AvgIpc) is 2.87. The van der Waals surface area contributed by atoms with E-state index in [0.29, 0.717) is 55.9 Å². The Morgan fingerprint density at radius 1 is 0.971 bits per heavy atom. The molecule has 0 bridgehead atoms.